The molecule has 1 fully saturated rings. The van der Waals surface area contributed by atoms with E-state index < -0.39 is 0 Å². The Bertz CT molecular complexity index is 676. The van der Waals surface area contributed by atoms with Crippen molar-refractivity contribution in [3.8, 4) is 11.6 Å². The second kappa shape index (κ2) is 7.41. The largest absolute Gasteiger partial charge is 0.619 e. The van der Waals surface area contributed by atoms with Crippen LogP contribution in [0.4, 0.5) is 5.82 Å². The molecule has 8 heteroatoms. The molecule has 0 spiro atoms. The van der Waals surface area contributed by atoms with E-state index in [1.54, 1.807) is 24.5 Å². The fraction of sp³-hybridized carbons (Fsp3) is 0.438. The highest BCUT2D eigenvalue weighted by Crippen LogP contribution is 2.27. The molecule has 0 saturated carbocycles. The highest BCUT2D eigenvalue weighted by molar-refractivity contribution is 5.44. The summed E-state index contributed by atoms with van der Waals surface area (Å²) >= 11 is 0. The zero-order valence-corrected chi connectivity index (χ0v) is 13.7. The highest BCUT2D eigenvalue weighted by atomic mass is 16.5. The van der Waals surface area contributed by atoms with Gasteiger partial charge >= 0.3 is 0 Å². The van der Waals surface area contributed by atoms with Gasteiger partial charge in [0.05, 0.1) is 26.3 Å². The summed E-state index contributed by atoms with van der Waals surface area (Å²) in [4.78, 5) is 8.82. The number of nitrogens with one attached hydrogen (secondary N) is 1. The van der Waals surface area contributed by atoms with Gasteiger partial charge in [0.1, 0.15) is 13.2 Å². The van der Waals surface area contributed by atoms with E-state index in [1.165, 1.54) is 12.4 Å². The Morgan fingerprint density at radius 2 is 1.96 bits per heavy atom. The minimum atomic E-state index is 0.325. The molecule has 2 aromatic rings. The Morgan fingerprint density at radius 1 is 1.21 bits per heavy atom. The average molecular weight is 332 g/mol. The molecule has 0 aliphatic carbocycles. The summed E-state index contributed by atoms with van der Waals surface area (Å²) in [6.07, 6.45) is 6.11. The van der Waals surface area contributed by atoms with Crippen molar-refractivity contribution < 1.29 is 14.2 Å². The summed E-state index contributed by atoms with van der Waals surface area (Å²) < 4.78 is 12.7. The first-order chi connectivity index (χ1) is 11.7. The van der Waals surface area contributed by atoms with Gasteiger partial charge in [-0.15, -0.1) is 0 Å². The Hall–Kier alpha value is -2.45. The maximum Gasteiger partial charge on any atom is 0.298 e. The number of nitrogens with zero attached hydrogens (tertiary/aromatic N) is 4. The molecule has 0 atom stereocenters. The van der Waals surface area contributed by atoms with E-state index in [9.17, 15) is 5.21 Å². The number of piperazine rings is 1. The topological polar surface area (TPSA) is 83.2 Å². The summed E-state index contributed by atoms with van der Waals surface area (Å²) in [5, 5.41) is 14.5. The zero-order chi connectivity index (χ0) is 16.8. The lowest BCUT2D eigenvalue weighted by molar-refractivity contribution is -0.605. The standard InChI is InChI=1S/C16H22N5O3/c1-21(9-6-17-7-10-21)15-16(19-5-4-18-15)24-12-11-23-14-3-2-8-20(22)13-14/h2-5,8,13,17H,6-7,9-12H2,1H3/q+1. The minimum Gasteiger partial charge on any atom is -0.619 e. The van der Waals surface area contributed by atoms with Crippen LogP contribution in [0.2, 0.25) is 0 Å². The first-order valence-corrected chi connectivity index (χ1v) is 7.99. The summed E-state index contributed by atoms with van der Waals surface area (Å²) in [7, 11) is 2.14. The predicted octanol–water partition coefficient (Wildman–Crippen LogP) is 0.108. The molecular weight excluding hydrogens is 310 g/mol. The van der Waals surface area contributed by atoms with Crippen LogP contribution in [0.5, 0.6) is 11.6 Å². The molecule has 1 aliphatic rings. The third kappa shape index (κ3) is 3.90. The Morgan fingerprint density at radius 3 is 2.75 bits per heavy atom. The molecule has 0 bridgehead atoms. The van der Waals surface area contributed by atoms with Crippen LogP contribution in [0.3, 0.4) is 0 Å². The normalized spacial score (nSPS) is 16.5. The van der Waals surface area contributed by atoms with Gasteiger partial charge in [0.25, 0.3) is 11.7 Å². The maximum atomic E-state index is 11.2. The van der Waals surface area contributed by atoms with Gasteiger partial charge in [0, 0.05) is 25.4 Å². The van der Waals surface area contributed by atoms with E-state index in [2.05, 4.69) is 22.3 Å². The van der Waals surface area contributed by atoms with E-state index in [0.29, 0.717) is 34.1 Å². The number of quaternary nitrogens is 1. The number of rotatable bonds is 6. The number of aromatic nitrogens is 3. The second-order valence-electron chi connectivity index (χ2n) is 5.87. The van der Waals surface area contributed by atoms with Crippen molar-refractivity contribution in [2.45, 2.75) is 0 Å². The zero-order valence-electron chi connectivity index (χ0n) is 13.7. The van der Waals surface area contributed by atoms with Crippen molar-refractivity contribution in [2.24, 2.45) is 0 Å². The molecule has 0 aromatic carbocycles. The molecule has 1 N–H and O–H groups in total. The van der Waals surface area contributed by atoms with Crippen molar-refractivity contribution in [3.63, 3.8) is 0 Å². The van der Waals surface area contributed by atoms with Crippen LogP contribution < -0.4 is 24.0 Å². The molecule has 3 heterocycles. The summed E-state index contributed by atoms with van der Waals surface area (Å²) in [5.41, 5.74) is 0. The average Bonchev–Trinajstić information content (AvgIpc) is 2.60. The molecule has 0 unspecified atom stereocenters. The fourth-order valence-electron chi connectivity index (χ4n) is 2.71. The predicted molar refractivity (Wildman–Crippen MR) is 88.7 cm³/mol. The van der Waals surface area contributed by atoms with Gasteiger partial charge in [0.2, 0.25) is 6.20 Å². The van der Waals surface area contributed by atoms with Gasteiger partial charge in [-0.05, 0) is 6.07 Å². The van der Waals surface area contributed by atoms with Gasteiger partial charge in [-0.3, -0.25) is 4.48 Å². The van der Waals surface area contributed by atoms with Crippen LogP contribution in [0, 0.1) is 5.21 Å². The highest BCUT2D eigenvalue weighted by Gasteiger charge is 2.33. The summed E-state index contributed by atoms with van der Waals surface area (Å²) in [5.74, 6) is 1.89. The third-order valence-corrected chi connectivity index (χ3v) is 4.06. The van der Waals surface area contributed by atoms with Gasteiger partial charge < -0.3 is 20.0 Å². The minimum absolute atomic E-state index is 0.325. The molecular formula is C16H22N5O3+. The van der Waals surface area contributed by atoms with E-state index in [0.717, 1.165) is 32.0 Å². The van der Waals surface area contributed by atoms with Crippen molar-refractivity contribution in [3.05, 3.63) is 42.1 Å². The van der Waals surface area contributed by atoms with Crippen LogP contribution in [0.1, 0.15) is 0 Å². The van der Waals surface area contributed by atoms with E-state index in [4.69, 9.17) is 9.47 Å². The molecule has 8 nitrogen and oxygen atoms in total. The van der Waals surface area contributed by atoms with Crippen LogP contribution in [0.15, 0.2) is 36.9 Å². The lowest BCUT2D eigenvalue weighted by atomic mass is 10.3. The van der Waals surface area contributed by atoms with E-state index >= 15 is 0 Å². The van der Waals surface area contributed by atoms with Crippen molar-refractivity contribution in [1.29, 1.82) is 0 Å². The first-order valence-electron chi connectivity index (χ1n) is 7.99. The number of hydrogen-bond acceptors (Lipinski definition) is 6. The van der Waals surface area contributed by atoms with E-state index in [-0.39, 0.29) is 0 Å². The summed E-state index contributed by atoms with van der Waals surface area (Å²) in [6, 6.07) is 3.37. The molecule has 1 aliphatic heterocycles. The van der Waals surface area contributed by atoms with Crippen molar-refractivity contribution in [1.82, 2.24) is 19.8 Å². The molecule has 0 radical (unpaired) electrons. The Kier molecular flexibility index (Phi) is 5.07. The molecule has 2 aromatic heterocycles. The Labute approximate surface area is 140 Å². The van der Waals surface area contributed by atoms with Gasteiger partial charge in [-0.25, -0.2) is 4.98 Å². The lowest BCUT2D eigenvalue weighted by Gasteiger charge is -2.36. The molecule has 0 amide bonds. The van der Waals surface area contributed by atoms with Gasteiger partial charge in [-0.1, -0.05) is 0 Å². The fourth-order valence-corrected chi connectivity index (χ4v) is 2.71. The third-order valence-electron chi connectivity index (χ3n) is 4.06. The SMILES string of the molecule is C[N+]1(c2nccnc2OCCOc2ccc[n+]([O-])c2)CCNCC1. The number of hydrogen-bond donors (Lipinski definition) is 1. The number of pyridine rings is 1. The Balaban J connectivity index is 1.59. The molecule has 128 valence electrons. The molecule has 3 rings (SSSR count). The maximum absolute atomic E-state index is 11.2. The first kappa shape index (κ1) is 16.4. The monoisotopic (exact) mass is 332 g/mol. The number of ether oxygens (including phenoxy) is 2. The van der Waals surface area contributed by atoms with Gasteiger partial charge in [-0.2, -0.15) is 9.71 Å². The van der Waals surface area contributed by atoms with Crippen LogP contribution in [-0.2, 0) is 0 Å². The molecule has 24 heavy (non-hydrogen) atoms. The van der Waals surface area contributed by atoms with Crippen LogP contribution in [0.25, 0.3) is 0 Å². The van der Waals surface area contributed by atoms with Crippen molar-refractivity contribution >= 4 is 5.82 Å². The van der Waals surface area contributed by atoms with Crippen LogP contribution in [-0.4, -0.2) is 56.4 Å². The van der Waals surface area contributed by atoms with Crippen molar-refractivity contribution in [2.75, 3.05) is 46.4 Å². The number of likely N-dealkylation sites (N-methyl/N-ethyl adjacent to an activating group) is 1. The lowest BCUT2D eigenvalue weighted by Crippen LogP contribution is -2.57. The summed E-state index contributed by atoms with van der Waals surface area (Å²) in [6.45, 7) is 4.43. The van der Waals surface area contributed by atoms with Gasteiger partial charge in [0.15, 0.2) is 11.9 Å². The van der Waals surface area contributed by atoms with E-state index in [1.807, 2.05) is 0 Å². The second-order valence-corrected chi connectivity index (χ2v) is 5.87. The van der Waals surface area contributed by atoms with Crippen LogP contribution >= 0.6 is 0 Å². The smallest absolute Gasteiger partial charge is 0.298 e. The quantitative estimate of drug-likeness (QED) is 0.350. The molecule has 1 saturated heterocycles.